The predicted octanol–water partition coefficient (Wildman–Crippen LogP) is 5.20. The van der Waals surface area contributed by atoms with Gasteiger partial charge >= 0.3 is 5.97 Å². The van der Waals surface area contributed by atoms with Gasteiger partial charge in [0.25, 0.3) is 0 Å². The first-order valence-electron chi connectivity index (χ1n) is 10.3. The lowest BCUT2D eigenvalue weighted by molar-refractivity contribution is 0.0696. The number of nitrogens with one attached hydrogen (secondary N) is 1. The van der Waals surface area contributed by atoms with Crippen molar-refractivity contribution < 1.29 is 14.6 Å². The monoisotopic (exact) mass is 419 g/mol. The van der Waals surface area contributed by atoms with E-state index in [-0.39, 0.29) is 5.56 Å². The number of hydrogen-bond donors (Lipinski definition) is 2. The first-order valence-corrected chi connectivity index (χ1v) is 10.3. The van der Waals surface area contributed by atoms with Crippen molar-refractivity contribution in [2.75, 3.05) is 5.32 Å². The third-order valence-corrected chi connectivity index (χ3v) is 5.61. The number of rotatable bonds is 4. The molecule has 5 rings (SSSR count). The first kappa shape index (κ1) is 19.6. The normalized spacial score (nSPS) is 11.8. The van der Waals surface area contributed by atoms with E-state index >= 15 is 0 Å². The smallest absolute Gasteiger partial charge is 0.336 e. The summed E-state index contributed by atoms with van der Waals surface area (Å²) in [6.07, 6.45) is 0. The molecule has 2 N–H and O–H groups in total. The highest BCUT2D eigenvalue weighted by Gasteiger charge is 2.24. The van der Waals surface area contributed by atoms with Gasteiger partial charge in [-0.3, -0.25) is 0 Å². The topological polar surface area (TPSA) is 58.6 Å². The van der Waals surface area contributed by atoms with Crippen molar-refractivity contribution in [2.24, 2.45) is 0 Å². The molecular weight excluding hydrogens is 398 g/mol. The van der Waals surface area contributed by atoms with Gasteiger partial charge in [0.1, 0.15) is 11.5 Å². The second kappa shape index (κ2) is 7.75. The molecule has 0 bridgehead atoms. The lowest BCUT2D eigenvalue weighted by Crippen LogP contribution is -2.21. The van der Waals surface area contributed by atoms with Crippen LogP contribution in [0.2, 0.25) is 0 Å². The number of fused-ring (bicyclic) bond motifs is 2. The fourth-order valence-electron chi connectivity index (χ4n) is 4.07. The lowest BCUT2D eigenvalue weighted by atomic mass is 9.88. The number of para-hydroxylation sites is 1. The van der Waals surface area contributed by atoms with Crippen molar-refractivity contribution in [1.29, 1.82) is 0 Å². The zero-order valence-electron chi connectivity index (χ0n) is 17.6. The Labute approximate surface area is 185 Å². The molecule has 0 radical (unpaired) electrons. The molecule has 32 heavy (non-hydrogen) atoms. The molecule has 4 aromatic rings. The van der Waals surface area contributed by atoms with Gasteiger partial charge in [-0.15, -0.1) is 0 Å². The number of carbonyl (C=O) groups is 1. The van der Waals surface area contributed by atoms with Gasteiger partial charge in [0, 0.05) is 27.7 Å². The van der Waals surface area contributed by atoms with Crippen LogP contribution in [-0.4, -0.2) is 11.1 Å². The number of hydrogen-bond acceptors (Lipinski definition) is 3. The molecule has 4 aromatic carbocycles. The summed E-state index contributed by atoms with van der Waals surface area (Å²) in [6, 6.07) is 26.8. The summed E-state index contributed by atoms with van der Waals surface area (Å²) in [7, 11) is 0. The molecule has 1 heterocycles. The average Bonchev–Trinajstić information content (AvgIpc) is 2.79. The van der Waals surface area contributed by atoms with Crippen LogP contribution >= 0.6 is 0 Å². The Balaban J connectivity index is 1.80. The second-order valence-corrected chi connectivity index (χ2v) is 7.81. The quantitative estimate of drug-likeness (QED) is 0.420. The van der Waals surface area contributed by atoms with Crippen molar-refractivity contribution in [3.63, 3.8) is 0 Å². The van der Waals surface area contributed by atoms with E-state index in [1.165, 1.54) is 0 Å². The van der Waals surface area contributed by atoms with Gasteiger partial charge in [-0.1, -0.05) is 55.1 Å². The molecule has 0 fully saturated rings. The number of benzene rings is 4. The maximum Gasteiger partial charge on any atom is 0.336 e. The highest BCUT2D eigenvalue weighted by Crippen LogP contribution is 2.40. The second-order valence-electron chi connectivity index (χ2n) is 7.81. The Morgan fingerprint density at radius 3 is 2.41 bits per heavy atom. The first-order chi connectivity index (χ1) is 15.5. The minimum Gasteiger partial charge on any atom is -0.478 e. The predicted molar refractivity (Wildman–Crippen MR) is 127 cm³/mol. The van der Waals surface area contributed by atoms with Crippen LogP contribution in [0.25, 0.3) is 12.2 Å². The molecule has 156 valence electrons. The van der Waals surface area contributed by atoms with Gasteiger partial charge in [-0.05, 0) is 59.7 Å². The van der Waals surface area contributed by atoms with E-state index in [4.69, 9.17) is 4.74 Å². The largest absolute Gasteiger partial charge is 0.478 e. The van der Waals surface area contributed by atoms with Crippen LogP contribution in [-0.2, 0) is 0 Å². The molecule has 4 heteroatoms. The molecule has 0 unspecified atom stereocenters. The maximum atomic E-state index is 12.0. The van der Waals surface area contributed by atoms with Crippen LogP contribution in [0.1, 0.15) is 27.0 Å². The molecule has 0 saturated heterocycles. The van der Waals surface area contributed by atoms with Gasteiger partial charge in [0.05, 0.1) is 5.56 Å². The number of aryl methyl sites for hydroxylation is 1. The van der Waals surface area contributed by atoms with Crippen molar-refractivity contribution in [2.45, 2.75) is 6.92 Å². The van der Waals surface area contributed by atoms with Gasteiger partial charge in [-0.25, -0.2) is 4.79 Å². The van der Waals surface area contributed by atoms with Crippen molar-refractivity contribution in [3.05, 3.63) is 118 Å². The van der Waals surface area contributed by atoms with Crippen LogP contribution in [0, 0.1) is 6.92 Å². The summed E-state index contributed by atoms with van der Waals surface area (Å²) in [5.74, 6) is 0.393. The SMILES string of the molecule is C=c1ccc2c(c1)Oc1cc(C)c(Nc3ccccc3)cc1C=2c1ccccc1C(=O)O. The Morgan fingerprint density at radius 2 is 1.62 bits per heavy atom. The van der Waals surface area contributed by atoms with E-state index in [0.29, 0.717) is 17.1 Å². The van der Waals surface area contributed by atoms with Crippen LogP contribution in [0.5, 0.6) is 11.5 Å². The van der Waals surface area contributed by atoms with E-state index in [9.17, 15) is 9.90 Å². The van der Waals surface area contributed by atoms with E-state index in [2.05, 4.69) is 11.9 Å². The van der Waals surface area contributed by atoms with Gasteiger partial charge < -0.3 is 15.2 Å². The molecule has 0 spiro atoms. The number of carboxylic acid groups (broad SMARTS) is 1. The molecule has 0 amide bonds. The van der Waals surface area contributed by atoms with Crippen LogP contribution in [0.3, 0.4) is 0 Å². The summed E-state index contributed by atoms with van der Waals surface area (Å²) in [5, 5.41) is 15.0. The van der Waals surface area contributed by atoms with Crippen molar-refractivity contribution in [3.8, 4) is 11.5 Å². The molecule has 0 aliphatic carbocycles. The fraction of sp³-hybridized carbons (Fsp3) is 0.0357. The summed E-state index contributed by atoms with van der Waals surface area (Å²) >= 11 is 0. The molecule has 4 nitrogen and oxygen atoms in total. The standard InChI is InChI=1S/C28H21NO3/c1-17-12-13-22-25(14-17)32-26-15-18(2)24(29-19-8-4-3-5-9-19)16-23(26)27(22)20-10-6-7-11-21(20)28(30)31/h3-16,29H,1H2,2H3,(H,30,31). The van der Waals surface area contributed by atoms with E-state index in [1.54, 1.807) is 12.1 Å². The molecule has 1 aliphatic heterocycles. The Kier molecular flexibility index (Phi) is 4.75. The third-order valence-electron chi connectivity index (χ3n) is 5.61. The zero-order valence-corrected chi connectivity index (χ0v) is 17.6. The number of carboxylic acids is 1. The van der Waals surface area contributed by atoms with Crippen LogP contribution in [0.4, 0.5) is 11.4 Å². The van der Waals surface area contributed by atoms with Crippen LogP contribution < -0.4 is 20.5 Å². The number of ether oxygens (including phenoxy) is 1. The fourth-order valence-corrected chi connectivity index (χ4v) is 4.07. The van der Waals surface area contributed by atoms with E-state index in [1.807, 2.05) is 79.7 Å². The molecule has 0 atom stereocenters. The Bertz CT molecular complexity index is 1470. The van der Waals surface area contributed by atoms with E-state index in [0.717, 1.165) is 38.5 Å². The van der Waals surface area contributed by atoms with Crippen molar-refractivity contribution in [1.82, 2.24) is 0 Å². The summed E-state index contributed by atoms with van der Waals surface area (Å²) in [4.78, 5) is 12.0. The van der Waals surface area contributed by atoms with E-state index < -0.39 is 5.97 Å². The lowest BCUT2D eigenvalue weighted by Gasteiger charge is -2.24. The van der Waals surface area contributed by atoms with Gasteiger partial charge in [0.15, 0.2) is 0 Å². The minimum absolute atomic E-state index is 0.248. The Hall–Kier alpha value is -4.31. The molecule has 1 aliphatic rings. The summed E-state index contributed by atoms with van der Waals surface area (Å²) in [5.41, 5.74) is 5.49. The summed E-state index contributed by atoms with van der Waals surface area (Å²) < 4.78 is 6.26. The van der Waals surface area contributed by atoms with Gasteiger partial charge in [0.2, 0.25) is 0 Å². The number of anilines is 2. The molecular formula is C28H21NO3. The highest BCUT2D eigenvalue weighted by atomic mass is 16.5. The number of aromatic carboxylic acids is 1. The summed E-state index contributed by atoms with van der Waals surface area (Å²) in [6.45, 7) is 6.03. The molecule has 0 aromatic heterocycles. The third kappa shape index (κ3) is 3.42. The minimum atomic E-state index is -0.966. The van der Waals surface area contributed by atoms with Gasteiger partial charge in [-0.2, -0.15) is 0 Å². The van der Waals surface area contributed by atoms with Crippen LogP contribution in [0.15, 0.2) is 84.9 Å². The van der Waals surface area contributed by atoms with Crippen molar-refractivity contribution >= 4 is 29.5 Å². The zero-order chi connectivity index (χ0) is 22.2. The molecule has 0 saturated carbocycles. The highest BCUT2D eigenvalue weighted by molar-refractivity contribution is 5.98. The average molecular weight is 419 g/mol. The maximum absolute atomic E-state index is 12.0. The Morgan fingerprint density at radius 1 is 0.875 bits per heavy atom.